The first-order valence-corrected chi connectivity index (χ1v) is 7.73. The van der Waals surface area contributed by atoms with Gasteiger partial charge in [0.1, 0.15) is 5.82 Å². The molecule has 0 aliphatic carbocycles. The van der Waals surface area contributed by atoms with Crippen LogP contribution in [-0.2, 0) is 0 Å². The molecule has 1 atom stereocenters. The van der Waals surface area contributed by atoms with E-state index in [1.54, 1.807) is 0 Å². The van der Waals surface area contributed by atoms with E-state index in [-0.39, 0.29) is 6.04 Å². The first-order chi connectivity index (χ1) is 10.9. The van der Waals surface area contributed by atoms with Crippen molar-refractivity contribution in [3.05, 3.63) is 48.0 Å². The summed E-state index contributed by atoms with van der Waals surface area (Å²) in [5.74, 6) is 0.783. The summed E-state index contributed by atoms with van der Waals surface area (Å²) in [5.41, 5.74) is 1.92. The van der Waals surface area contributed by atoms with Gasteiger partial charge < -0.3 is 5.32 Å². The molecule has 2 heterocycles. The monoisotopic (exact) mass is 296 g/mol. The zero-order valence-electron chi connectivity index (χ0n) is 12.7. The quantitative estimate of drug-likeness (QED) is 0.678. The molecule has 1 aromatic carbocycles. The third kappa shape index (κ3) is 3.39. The summed E-state index contributed by atoms with van der Waals surface area (Å²) in [5, 5.41) is 19.2. The summed E-state index contributed by atoms with van der Waals surface area (Å²) in [6, 6.07) is 14.5. The minimum Gasteiger partial charge on any atom is -0.362 e. The lowest BCUT2D eigenvalue weighted by Gasteiger charge is -2.19. The second-order valence-electron chi connectivity index (χ2n) is 5.35. The van der Waals surface area contributed by atoms with Crippen molar-refractivity contribution in [3.63, 3.8) is 0 Å². The molecular weight excluding hydrogens is 276 g/mol. The highest BCUT2D eigenvalue weighted by Gasteiger charge is 2.12. The fraction of sp³-hybridized carbons (Fsp3) is 0.375. The van der Waals surface area contributed by atoms with Crippen LogP contribution in [0.25, 0.3) is 5.65 Å². The Balaban J connectivity index is 1.78. The first kappa shape index (κ1) is 14.4. The molecule has 0 fully saturated rings. The maximum Gasteiger partial charge on any atom is 0.200 e. The van der Waals surface area contributed by atoms with E-state index in [0.29, 0.717) is 5.65 Å². The van der Waals surface area contributed by atoms with E-state index in [4.69, 9.17) is 0 Å². The molecule has 0 spiro atoms. The largest absolute Gasteiger partial charge is 0.362 e. The fourth-order valence-electron chi connectivity index (χ4n) is 2.51. The van der Waals surface area contributed by atoms with Gasteiger partial charge in [0.15, 0.2) is 5.65 Å². The molecular formula is C16H20N6. The maximum atomic E-state index is 4.40. The number of hydrogen-bond donors (Lipinski definition) is 1. The van der Waals surface area contributed by atoms with Crippen LogP contribution in [0.15, 0.2) is 42.5 Å². The van der Waals surface area contributed by atoms with Crippen molar-refractivity contribution >= 4 is 11.5 Å². The number of nitrogens with one attached hydrogen (secondary N) is 1. The van der Waals surface area contributed by atoms with Crippen molar-refractivity contribution in [2.24, 2.45) is 0 Å². The number of fused-ring (bicyclic) bond motifs is 1. The summed E-state index contributed by atoms with van der Waals surface area (Å²) >= 11 is 0. The standard InChI is InChI=1S/C16H20N6/c1-2-3-5-10-14(13-8-6-4-7-9-13)17-15-11-12-16-18-20-21-22(16)19-15/h4,6-9,11-12,14H,2-3,5,10H2,1H3,(H,17,19)/t14-/m0/s1. The van der Waals surface area contributed by atoms with Gasteiger partial charge in [-0.2, -0.15) is 0 Å². The third-order valence-electron chi connectivity index (χ3n) is 3.69. The van der Waals surface area contributed by atoms with E-state index < -0.39 is 0 Å². The SMILES string of the molecule is CCCCC[C@H](Nc1ccc2nnnn2n1)c1ccccc1. The Labute approximate surface area is 129 Å². The lowest BCUT2D eigenvalue weighted by molar-refractivity contribution is 0.602. The van der Waals surface area contributed by atoms with Crippen molar-refractivity contribution in [3.8, 4) is 0 Å². The third-order valence-corrected chi connectivity index (χ3v) is 3.69. The maximum absolute atomic E-state index is 4.40. The van der Waals surface area contributed by atoms with Gasteiger partial charge in [0.25, 0.3) is 0 Å². The molecule has 0 saturated carbocycles. The van der Waals surface area contributed by atoms with E-state index >= 15 is 0 Å². The summed E-state index contributed by atoms with van der Waals surface area (Å²) in [6.07, 6.45) is 4.73. The lowest BCUT2D eigenvalue weighted by Crippen LogP contribution is -2.13. The minimum atomic E-state index is 0.245. The van der Waals surface area contributed by atoms with Crippen LogP contribution in [0.3, 0.4) is 0 Å². The van der Waals surface area contributed by atoms with Gasteiger partial charge in [-0.3, -0.25) is 0 Å². The number of rotatable bonds is 7. The number of anilines is 1. The molecule has 3 aromatic rings. The highest BCUT2D eigenvalue weighted by molar-refractivity contribution is 5.43. The van der Waals surface area contributed by atoms with Crippen LogP contribution < -0.4 is 5.32 Å². The van der Waals surface area contributed by atoms with Gasteiger partial charge in [0.05, 0.1) is 6.04 Å². The van der Waals surface area contributed by atoms with Gasteiger partial charge in [-0.15, -0.1) is 14.8 Å². The second-order valence-corrected chi connectivity index (χ2v) is 5.35. The number of tetrazole rings is 1. The smallest absolute Gasteiger partial charge is 0.200 e. The predicted molar refractivity (Wildman–Crippen MR) is 85.5 cm³/mol. The van der Waals surface area contributed by atoms with Gasteiger partial charge >= 0.3 is 0 Å². The Morgan fingerprint density at radius 2 is 1.95 bits per heavy atom. The second kappa shape index (κ2) is 6.98. The van der Waals surface area contributed by atoms with Crippen molar-refractivity contribution in [1.82, 2.24) is 25.3 Å². The molecule has 22 heavy (non-hydrogen) atoms. The Bertz CT molecular complexity index is 709. The molecule has 1 N–H and O–H groups in total. The lowest BCUT2D eigenvalue weighted by atomic mass is 10.0. The van der Waals surface area contributed by atoms with E-state index in [2.05, 4.69) is 57.1 Å². The highest BCUT2D eigenvalue weighted by atomic mass is 15.6. The topological polar surface area (TPSA) is 68.0 Å². The molecule has 0 unspecified atom stereocenters. The zero-order chi connectivity index (χ0) is 15.2. The highest BCUT2D eigenvalue weighted by Crippen LogP contribution is 2.24. The Morgan fingerprint density at radius 3 is 2.77 bits per heavy atom. The summed E-state index contributed by atoms with van der Waals surface area (Å²) in [6.45, 7) is 2.22. The molecule has 0 bridgehead atoms. The van der Waals surface area contributed by atoms with Crippen LogP contribution in [0.1, 0.15) is 44.2 Å². The molecule has 6 nitrogen and oxygen atoms in total. The van der Waals surface area contributed by atoms with E-state index in [9.17, 15) is 0 Å². The van der Waals surface area contributed by atoms with Gasteiger partial charge in [0.2, 0.25) is 0 Å². The normalized spacial score (nSPS) is 12.4. The number of benzene rings is 1. The van der Waals surface area contributed by atoms with Crippen LogP contribution in [0.4, 0.5) is 5.82 Å². The average Bonchev–Trinajstić information content (AvgIpc) is 3.02. The molecule has 0 aliphatic heterocycles. The molecule has 3 rings (SSSR count). The fourth-order valence-corrected chi connectivity index (χ4v) is 2.51. The van der Waals surface area contributed by atoms with Crippen LogP contribution in [-0.4, -0.2) is 25.3 Å². The van der Waals surface area contributed by atoms with Gasteiger partial charge in [-0.05, 0) is 34.5 Å². The Kier molecular flexibility index (Phi) is 4.58. The van der Waals surface area contributed by atoms with Crippen molar-refractivity contribution in [2.45, 2.75) is 38.6 Å². The first-order valence-electron chi connectivity index (χ1n) is 7.73. The predicted octanol–water partition coefficient (Wildman–Crippen LogP) is 3.25. The molecule has 0 radical (unpaired) electrons. The summed E-state index contributed by atoms with van der Waals surface area (Å²) < 4.78 is 1.44. The summed E-state index contributed by atoms with van der Waals surface area (Å²) in [4.78, 5) is 0. The van der Waals surface area contributed by atoms with Crippen LogP contribution in [0.5, 0.6) is 0 Å². The van der Waals surface area contributed by atoms with Gasteiger partial charge in [0, 0.05) is 0 Å². The zero-order valence-corrected chi connectivity index (χ0v) is 12.7. The van der Waals surface area contributed by atoms with Crippen molar-refractivity contribution in [2.75, 3.05) is 5.32 Å². The van der Waals surface area contributed by atoms with Crippen LogP contribution >= 0.6 is 0 Å². The number of nitrogens with zero attached hydrogens (tertiary/aromatic N) is 5. The molecule has 2 aromatic heterocycles. The van der Waals surface area contributed by atoms with Crippen LogP contribution in [0.2, 0.25) is 0 Å². The van der Waals surface area contributed by atoms with E-state index in [1.165, 1.54) is 29.5 Å². The summed E-state index contributed by atoms with van der Waals surface area (Å²) in [7, 11) is 0. The Hall–Kier alpha value is -2.50. The van der Waals surface area contributed by atoms with E-state index in [0.717, 1.165) is 12.2 Å². The molecule has 0 aliphatic rings. The molecule has 6 heteroatoms. The number of aromatic nitrogens is 5. The average molecular weight is 296 g/mol. The number of hydrogen-bond acceptors (Lipinski definition) is 5. The minimum absolute atomic E-state index is 0.245. The van der Waals surface area contributed by atoms with Crippen molar-refractivity contribution in [1.29, 1.82) is 0 Å². The Morgan fingerprint density at radius 1 is 1.09 bits per heavy atom. The van der Waals surface area contributed by atoms with Crippen molar-refractivity contribution < 1.29 is 0 Å². The number of unbranched alkanes of at least 4 members (excludes halogenated alkanes) is 2. The van der Waals surface area contributed by atoms with Gasteiger partial charge in [-0.25, -0.2) is 0 Å². The van der Waals surface area contributed by atoms with Gasteiger partial charge in [-0.1, -0.05) is 56.5 Å². The molecule has 0 amide bonds. The molecule has 114 valence electrons. The van der Waals surface area contributed by atoms with Crippen LogP contribution in [0, 0.1) is 0 Å². The van der Waals surface area contributed by atoms with E-state index in [1.807, 2.05) is 18.2 Å². The molecule has 0 saturated heterocycles.